The second-order valence-corrected chi connectivity index (χ2v) is 10.2. The van der Waals surface area contributed by atoms with Crippen LogP contribution < -0.4 is 10.3 Å². The molecule has 1 aromatic heterocycles. The molecule has 0 saturated heterocycles. The number of hydrogen-bond acceptors (Lipinski definition) is 6. The van der Waals surface area contributed by atoms with Gasteiger partial charge in [0.2, 0.25) is 5.75 Å². The van der Waals surface area contributed by atoms with E-state index in [0.29, 0.717) is 0 Å². The molecule has 13 heteroatoms. The molecule has 0 fully saturated rings. The summed E-state index contributed by atoms with van der Waals surface area (Å²) in [6.45, 7) is 0.0137. The average Bonchev–Trinajstić information content (AvgIpc) is 2.96. The fourth-order valence-electron chi connectivity index (χ4n) is 4.07. The molecule has 0 amide bonds. The van der Waals surface area contributed by atoms with Crippen molar-refractivity contribution in [2.75, 3.05) is 0 Å². The van der Waals surface area contributed by atoms with Gasteiger partial charge in [-0.3, -0.25) is 14.9 Å². The monoisotopic (exact) mass is 656 g/mol. The lowest BCUT2D eigenvalue weighted by Crippen LogP contribution is -2.20. The fourth-order valence-corrected chi connectivity index (χ4v) is 4.61. The zero-order chi connectivity index (χ0) is 30.0. The number of nitrogens with zero attached hydrogens (tertiary/aromatic N) is 4. The normalized spacial score (nSPS) is 11.7. The van der Waals surface area contributed by atoms with Crippen LogP contribution in [0.3, 0.4) is 0 Å². The van der Waals surface area contributed by atoms with Crippen LogP contribution in [0, 0.1) is 10.1 Å². The van der Waals surface area contributed by atoms with Crippen molar-refractivity contribution >= 4 is 50.3 Å². The molecule has 0 unspecified atom stereocenters. The summed E-state index contributed by atoms with van der Waals surface area (Å²) in [4.78, 5) is 29.0. The lowest BCUT2D eigenvalue weighted by molar-refractivity contribution is -0.385. The first-order valence-electron chi connectivity index (χ1n) is 12.1. The Morgan fingerprint density at radius 1 is 1.05 bits per heavy atom. The van der Waals surface area contributed by atoms with Crippen LogP contribution in [0.2, 0.25) is 5.02 Å². The number of ether oxygens (including phenoxy) is 1. The molecule has 0 bridgehead atoms. The third-order valence-corrected chi connectivity index (χ3v) is 6.87. The summed E-state index contributed by atoms with van der Waals surface area (Å²) in [6, 6.07) is 20.3. The van der Waals surface area contributed by atoms with Crippen molar-refractivity contribution in [2.24, 2.45) is 5.10 Å². The molecule has 0 N–H and O–H groups in total. The van der Waals surface area contributed by atoms with Gasteiger partial charge in [-0.1, -0.05) is 63.9 Å². The first kappa shape index (κ1) is 29.0. The number of alkyl halides is 3. The van der Waals surface area contributed by atoms with Crippen molar-refractivity contribution in [2.45, 2.75) is 12.8 Å². The van der Waals surface area contributed by atoms with Gasteiger partial charge >= 0.3 is 11.9 Å². The third kappa shape index (κ3) is 6.19. The summed E-state index contributed by atoms with van der Waals surface area (Å²) < 4.78 is 47.7. The van der Waals surface area contributed by atoms with Crippen LogP contribution in [0.4, 0.5) is 18.9 Å². The summed E-state index contributed by atoms with van der Waals surface area (Å²) in [5.74, 6) is -0.313. The van der Waals surface area contributed by atoms with Gasteiger partial charge in [-0.25, -0.2) is 4.98 Å². The minimum Gasteiger partial charge on any atom is -0.481 e. The maximum Gasteiger partial charge on any atom is 0.416 e. The molecule has 212 valence electrons. The van der Waals surface area contributed by atoms with Gasteiger partial charge in [-0.05, 0) is 48.0 Å². The lowest BCUT2D eigenvalue weighted by atomic mass is 10.1. The van der Waals surface area contributed by atoms with Crippen molar-refractivity contribution in [3.05, 3.63) is 132 Å². The van der Waals surface area contributed by atoms with E-state index in [1.54, 1.807) is 42.5 Å². The minimum absolute atomic E-state index is 0.00877. The van der Waals surface area contributed by atoms with Gasteiger partial charge in [0.25, 0.3) is 5.56 Å². The predicted molar refractivity (Wildman–Crippen MR) is 156 cm³/mol. The number of hydrogen-bond donors (Lipinski definition) is 0. The number of halogens is 5. The van der Waals surface area contributed by atoms with Crippen molar-refractivity contribution in [1.29, 1.82) is 0 Å². The number of rotatable bonds is 7. The van der Waals surface area contributed by atoms with Crippen LogP contribution in [0.1, 0.15) is 16.7 Å². The van der Waals surface area contributed by atoms with Crippen LogP contribution in [0.25, 0.3) is 22.3 Å². The van der Waals surface area contributed by atoms with E-state index in [-0.39, 0.29) is 45.2 Å². The maximum atomic E-state index is 13.4. The number of aromatic nitrogens is 2. The molecule has 42 heavy (non-hydrogen) atoms. The lowest BCUT2D eigenvalue weighted by Gasteiger charge is -2.12. The van der Waals surface area contributed by atoms with E-state index in [2.05, 4.69) is 26.0 Å². The number of fused-ring (bicyclic) bond motifs is 1. The van der Waals surface area contributed by atoms with Crippen molar-refractivity contribution in [3.63, 3.8) is 0 Å². The molecule has 0 spiro atoms. The smallest absolute Gasteiger partial charge is 0.416 e. The molecule has 5 rings (SSSR count). The van der Waals surface area contributed by atoms with E-state index in [4.69, 9.17) is 16.3 Å². The van der Waals surface area contributed by atoms with E-state index in [1.807, 2.05) is 0 Å². The molecule has 0 aliphatic heterocycles. The Balaban J connectivity index is 1.57. The number of benzene rings is 4. The molecule has 1 heterocycles. The molecule has 0 aliphatic rings. The highest BCUT2D eigenvalue weighted by molar-refractivity contribution is 9.10. The minimum atomic E-state index is -4.63. The van der Waals surface area contributed by atoms with Gasteiger partial charge in [0, 0.05) is 21.7 Å². The highest BCUT2D eigenvalue weighted by Crippen LogP contribution is 2.37. The van der Waals surface area contributed by atoms with Gasteiger partial charge in [0.15, 0.2) is 5.82 Å². The second-order valence-electron chi connectivity index (χ2n) is 8.92. The predicted octanol–water partition coefficient (Wildman–Crippen LogP) is 7.87. The SMILES string of the molecule is O=c1c2ccccc2nc(-c2cccc(C(F)(F)F)c2)n1N=Cc1cc(Cl)c(OCc2ccc(Br)cc2)c([N+](=O)[O-])c1. The van der Waals surface area contributed by atoms with E-state index >= 15 is 0 Å². The second kappa shape index (κ2) is 11.7. The Hall–Kier alpha value is -4.55. The maximum absolute atomic E-state index is 13.4. The van der Waals surface area contributed by atoms with Gasteiger partial charge in [-0.2, -0.15) is 22.9 Å². The van der Waals surface area contributed by atoms with E-state index in [9.17, 15) is 28.1 Å². The quantitative estimate of drug-likeness (QED) is 0.101. The Kier molecular flexibility index (Phi) is 8.10. The van der Waals surface area contributed by atoms with Crippen LogP contribution >= 0.6 is 27.5 Å². The molecule has 0 atom stereocenters. The molecule has 8 nitrogen and oxygen atoms in total. The van der Waals surface area contributed by atoms with Crippen molar-refractivity contribution in [3.8, 4) is 17.1 Å². The van der Waals surface area contributed by atoms with Gasteiger partial charge in [0.1, 0.15) is 6.61 Å². The summed E-state index contributed by atoms with van der Waals surface area (Å²) in [5.41, 5.74) is -0.892. The van der Waals surface area contributed by atoms with Crippen LogP contribution in [0.15, 0.2) is 99.3 Å². The van der Waals surface area contributed by atoms with Crippen LogP contribution in [-0.2, 0) is 12.8 Å². The molecule has 0 radical (unpaired) electrons. The highest BCUT2D eigenvalue weighted by Gasteiger charge is 2.31. The fraction of sp³-hybridized carbons (Fsp3) is 0.0690. The Morgan fingerprint density at radius 3 is 2.50 bits per heavy atom. The summed E-state index contributed by atoms with van der Waals surface area (Å²) in [5, 5.41) is 16.1. The first-order valence-corrected chi connectivity index (χ1v) is 13.3. The van der Waals surface area contributed by atoms with Crippen LogP contribution in [-0.4, -0.2) is 20.8 Å². The van der Waals surface area contributed by atoms with Gasteiger partial charge in [0.05, 0.1) is 32.6 Å². The van der Waals surface area contributed by atoms with E-state index in [0.717, 1.165) is 39.1 Å². The van der Waals surface area contributed by atoms with Crippen molar-refractivity contribution in [1.82, 2.24) is 9.66 Å². The summed E-state index contributed by atoms with van der Waals surface area (Å²) in [7, 11) is 0. The largest absolute Gasteiger partial charge is 0.481 e. The highest BCUT2D eigenvalue weighted by atomic mass is 79.9. The van der Waals surface area contributed by atoms with Gasteiger partial charge in [-0.15, -0.1) is 0 Å². The molecule has 0 aliphatic carbocycles. The zero-order valence-corrected chi connectivity index (χ0v) is 23.5. The number of nitro groups is 1. The van der Waals surface area contributed by atoms with Crippen LogP contribution in [0.5, 0.6) is 5.75 Å². The Morgan fingerprint density at radius 2 is 1.79 bits per heavy atom. The topological polar surface area (TPSA) is 99.6 Å². The molecule has 5 aromatic rings. The Labute approximate surface area is 248 Å². The molecule has 0 saturated carbocycles. The molecular formula is C29H17BrClF3N4O4. The van der Waals surface area contributed by atoms with Gasteiger partial charge < -0.3 is 4.74 Å². The van der Waals surface area contributed by atoms with Crippen molar-refractivity contribution < 1.29 is 22.8 Å². The van der Waals surface area contributed by atoms with E-state index in [1.165, 1.54) is 24.3 Å². The average molecular weight is 658 g/mol. The number of para-hydroxylation sites is 1. The standard InChI is InChI=1S/C29H17BrClF3N4O4/c30-21-10-8-17(9-11-21)16-42-26-23(31)12-18(13-25(26)38(40)41)15-35-37-27(19-4-3-5-20(14-19)29(32,33)34)36-24-7-2-1-6-22(24)28(37)39/h1-15H,16H2. The number of nitro benzene ring substituents is 1. The summed E-state index contributed by atoms with van der Waals surface area (Å²) in [6.07, 6.45) is -3.50. The molecular weight excluding hydrogens is 641 g/mol. The summed E-state index contributed by atoms with van der Waals surface area (Å²) >= 11 is 9.70. The molecule has 4 aromatic carbocycles. The Bertz CT molecular complexity index is 1910. The first-order chi connectivity index (χ1) is 20.0. The zero-order valence-electron chi connectivity index (χ0n) is 21.2. The van der Waals surface area contributed by atoms with E-state index < -0.39 is 27.9 Å². The third-order valence-electron chi connectivity index (χ3n) is 6.06.